The fourth-order valence-corrected chi connectivity index (χ4v) is 5.56. The maximum absolute atomic E-state index is 12.6. The molecule has 6 nitrogen and oxygen atoms in total. The summed E-state index contributed by atoms with van der Waals surface area (Å²) in [6.45, 7) is 5.74. The number of ketones is 1. The van der Waals surface area contributed by atoms with Crippen LogP contribution in [0.3, 0.4) is 0 Å². The van der Waals surface area contributed by atoms with Gasteiger partial charge in [0.2, 0.25) is 0 Å². The molecule has 8 unspecified atom stereocenters. The Morgan fingerprint density at radius 3 is 2.62 bits per heavy atom. The van der Waals surface area contributed by atoms with Gasteiger partial charge < -0.3 is 14.6 Å². The molecule has 1 saturated heterocycles. The Labute approximate surface area is 171 Å². The van der Waals surface area contributed by atoms with E-state index >= 15 is 0 Å². The lowest BCUT2D eigenvalue weighted by Gasteiger charge is -2.39. The molecule has 2 heterocycles. The highest BCUT2D eigenvalue weighted by Gasteiger charge is 2.49. The second-order valence-electron chi connectivity index (χ2n) is 9.50. The first-order chi connectivity index (χ1) is 13.7. The van der Waals surface area contributed by atoms with E-state index in [-0.39, 0.29) is 65.4 Å². The number of aliphatic hydroxyl groups is 1. The van der Waals surface area contributed by atoms with Gasteiger partial charge in [0.1, 0.15) is 12.2 Å². The normalized spacial score (nSPS) is 41.5. The van der Waals surface area contributed by atoms with E-state index in [0.717, 1.165) is 6.42 Å². The molecule has 1 N–H and O–H groups in total. The lowest BCUT2D eigenvalue weighted by molar-refractivity contribution is -0.156. The maximum atomic E-state index is 12.6. The number of Topliss-reactive ketones (excluding diaryl/α,β-unsaturated/α-hetero) is 1. The Hall–Kier alpha value is -1.95. The Morgan fingerprint density at radius 2 is 1.93 bits per heavy atom. The number of fused-ring (bicyclic) bond motifs is 5. The van der Waals surface area contributed by atoms with Crippen LogP contribution in [-0.2, 0) is 23.9 Å². The van der Waals surface area contributed by atoms with Gasteiger partial charge in [-0.25, -0.2) is 4.79 Å². The van der Waals surface area contributed by atoms with Gasteiger partial charge >= 0.3 is 11.9 Å². The van der Waals surface area contributed by atoms with Crippen LogP contribution in [0.4, 0.5) is 0 Å². The highest BCUT2D eigenvalue weighted by Crippen LogP contribution is 2.50. The summed E-state index contributed by atoms with van der Waals surface area (Å²) in [6.07, 6.45) is 6.49. The highest BCUT2D eigenvalue weighted by molar-refractivity contribution is 6.18. The molecule has 29 heavy (non-hydrogen) atoms. The Morgan fingerprint density at radius 1 is 1.17 bits per heavy atom. The third-order valence-corrected chi connectivity index (χ3v) is 7.02. The van der Waals surface area contributed by atoms with E-state index in [4.69, 9.17) is 9.47 Å². The summed E-state index contributed by atoms with van der Waals surface area (Å²) in [5, 5.41) is 10.6. The van der Waals surface area contributed by atoms with Gasteiger partial charge in [0, 0.05) is 18.8 Å². The first kappa shape index (κ1) is 20.3. The molecule has 2 bridgehead atoms. The van der Waals surface area contributed by atoms with Crippen LogP contribution in [0, 0.1) is 35.5 Å². The van der Waals surface area contributed by atoms with E-state index in [0.29, 0.717) is 12.8 Å². The topological polar surface area (TPSA) is 89.9 Å². The molecule has 5 aliphatic rings. The lowest BCUT2D eigenvalue weighted by atomic mass is 9.68. The number of carbonyl (C=O) groups is 3. The van der Waals surface area contributed by atoms with Crippen molar-refractivity contribution in [3.05, 3.63) is 23.8 Å². The third kappa shape index (κ3) is 3.79. The van der Waals surface area contributed by atoms with Crippen molar-refractivity contribution >= 4 is 17.7 Å². The van der Waals surface area contributed by atoms with Gasteiger partial charge in [-0.05, 0) is 36.5 Å². The molecule has 2 aliphatic heterocycles. The molecule has 0 aromatic rings. The van der Waals surface area contributed by atoms with Crippen LogP contribution in [0.15, 0.2) is 23.8 Å². The zero-order chi connectivity index (χ0) is 20.9. The summed E-state index contributed by atoms with van der Waals surface area (Å²) in [6, 6.07) is 0. The van der Waals surface area contributed by atoms with E-state index in [9.17, 15) is 19.5 Å². The number of carbonyl (C=O) groups excluding carboxylic acids is 3. The molecule has 8 atom stereocenters. The number of rotatable bonds is 2. The molecule has 0 aromatic heterocycles. The van der Waals surface area contributed by atoms with Crippen LogP contribution < -0.4 is 0 Å². The van der Waals surface area contributed by atoms with Crippen LogP contribution >= 0.6 is 0 Å². The fraction of sp³-hybridized carbons (Fsp3) is 0.696. The lowest BCUT2D eigenvalue weighted by Crippen LogP contribution is -2.40. The van der Waals surface area contributed by atoms with E-state index in [1.807, 2.05) is 13.8 Å². The van der Waals surface area contributed by atoms with Gasteiger partial charge in [-0.2, -0.15) is 0 Å². The van der Waals surface area contributed by atoms with Crippen LogP contribution in [-0.4, -0.2) is 41.1 Å². The highest BCUT2D eigenvalue weighted by atomic mass is 16.5. The number of allylic oxidation sites excluding steroid dienone is 2. The molecular formula is C23H30O6. The first-order valence-corrected chi connectivity index (χ1v) is 10.8. The predicted octanol–water partition coefficient (Wildman–Crippen LogP) is 2.59. The van der Waals surface area contributed by atoms with Crippen molar-refractivity contribution in [3.8, 4) is 0 Å². The van der Waals surface area contributed by atoms with Crippen molar-refractivity contribution in [2.75, 3.05) is 0 Å². The van der Waals surface area contributed by atoms with Gasteiger partial charge in [-0.3, -0.25) is 9.59 Å². The van der Waals surface area contributed by atoms with E-state index in [2.05, 4.69) is 19.1 Å². The Kier molecular flexibility index (Phi) is 5.40. The molecule has 5 rings (SSSR count). The number of aliphatic hydroxyl groups excluding tert-OH is 1. The summed E-state index contributed by atoms with van der Waals surface area (Å²) in [4.78, 5) is 37.3. The molecule has 2 fully saturated rings. The van der Waals surface area contributed by atoms with Crippen LogP contribution in [0.5, 0.6) is 0 Å². The van der Waals surface area contributed by atoms with Crippen molar-refractivity contribution in [2.24, 2.45) is 35.5 Å². The van der Waals surface area contributed by atoms with Crippen molar-refractivity contribution in [3.63, 3.8) is 0 Å². The Bertz CT molecular complexity index is 745. The summed E-state index contributed by atoms with van der Waals surface area (Å²) in [7, 11) is 0. The van der Waals surface area contributed by atoms with Gasteiger partial charge in [0.25, 0.3) is 0 Å². The first-order valence-electron chi connectivity index (χ1n) is 10.8. The molecule has 6 heteroatoms. The second-order valence-corrected chi connectivity index (χ2v) is 9.50. The van der Waals surface area contributed by atoms with Gasteiger partial charge in [0.05, 0.1) is 17.6 Å². The minimum atomic E-state index is -0.629. The molecule has 3 aliphatic carbocycles. The summed E-state index contributed by atoms with van der Waals surface area (Å²) in [5.74, 6) is -0.775. The van der Waals surface area contributed by atoms with E-state index < -0.39 is 18.2 Å². The zero-order valence-corrected chi connectivity index (χ0v) is 17.2. The SMILES string of the molecule is CC(C)C(=O)OC1C(C)CC2C3C=C4C(=O)CC(CC(O)CC3C=CC21)OC4=O. The van der Waals surface area contributed by atoms with Crippen molar-refractivity contribution in [1.29, 1.82) is 0 Å². The molecule has 1 saturated carbocycles. The van der Waals surface area contributed by atoms with E-state index in [1.165, 1.54) is 0 Å². The number of ether oxygens (including phenoxy) is 2. The van der Waals surface area contributed by atoms with Gasteiger partial charge in [-0.15, -0.1) is 0 Å². The van der Waals surface area contributed by atoms with Crippen LogP contribution in [0.25, 0.3) is 0 Å². The molecule has 0 spiro atoms. The molecule has 0 aromatic carbocycles. The fourth-order valence-electron chi connectivity index (χ4n) is 5.56. The quantitative estimate of drug-likeness (QED) is 0.434. The number of esters is 2. The van der Waals surface area contributed by atoms with Crippen LogP contribution in [0.2, 0.25) is 0 Å². The molecule has 158 valence electrons. The largest absolute Gasteiger partial charge is 0.461 e. The maximum Gasteiger partial charge on any atom is 0.341 e. The second kappa shape index (κ2) is 7.71. The number of hydrogen-bond donors (Lipinski definition) is 1. The van der Waals surface area contributed by atoms with Gasteiger partial charge in [-0.1, -0.05) is 39.0 Å². The zero-order valence-electron chi connectivity index (χ0n) is 17.2. The average Bonchev–Trinajstić information content (AvgIpc) is 2.94. The molecule has 0 radical (unpaired) electrons. The van der Waals surface area contributed by atoms with Crippen LogP contribution in [0.1, 0.15) is 46.5 Å². The predicted molar refractivity (Wildman–Crippen MR) is 104 cm³/mol. The summed E-state index contributed by atoms with van der Waals surface area (Å²) < 4.78 is 11.2. The minimum absolute atomic E-state index is 0.0467. The average molecular weight is 402 g/mol. The number of hydrogen-bond acceptors (Lipinski definition) is 6. The summed E-state index contributed by atoms with van der Waals surface area (Å²) in [5.41, 5.74) is 0.150. The molecular weight excluding hydrogens is 372 g/mol. The standard InChI is InChI=1S/C23H30O6/c1-11(2)22(26)29-21-12(3)6-18-16(21)5-4-13-7-14(24)8-15-9-20(25)19(10-17(13)18)23(27)28-15/h4-5,10-18,21,24H,6-9H2,1-3H3. The molecule has 0 amide bonds. The Balaban J connectivity index is 1.68. The third-order valence-electron chi connectivity index (χ3n) is 7.02. The summed E-state index contributed by atoms with van der Waals surface area (Å²) >= 11 is 0. The monoisotopic (exact) mass is 402 g/mol. The van der Waals surface area contributed by atoms with Gasteiger partial charge in [0.15, 0.2) is 5.78 Å². The smallest absolute Gasteiger partial charge is 0.341 e. The van der Waals surface area contributed by atoms with Crippen molar-refractivity contribution in [2.45, 2.75) is 64.8 Å². The van der Waals surface area contributed by atoms with Crippen molar-refractivity contribution in [1.82, 2.24) is 0 Å². The van der Waals surface area contributed by atoms with Crippen molar-refractivity contribution < 1.29 is 29.0 Å². The van der Waals surface area contributed by atoms with E-state index in [1.54, 1.807) is 6.08 Å². The minimum Gasteiger partial charge on any atom is -0.461 e.